The Kier molecular flexibility index (Phi) is 6.16. The molecule has 0 unspecified atom stereocenters. The molecule has 1 saturated heterocycles. The molecule has 3 aromatic carbocycles. The third-order valence-electron chi connectivity index (χ3n) is 6.40. The SMILES string of the molecule is Clc1ccc([C@H](c2nnnn2Cc2ccccc2)N2CCN(c3nc4ccccc4s3)CC2)cc1. The van der Waals surface area contributed by atoms with Crippen LogP contribution in [-0.2, 0) is 6.54 Å². The third-order valence-corrected chi connectivity index (χ3v) is 7.75. The second-order valence-corrected chi connectivity index (χ2v) is 10.1. The Morgan fingerprint density at radius 3 is 2.37 bits per heavy atom. The average Bonchev–Trinajstić information content (AvgIpc) is 3.54. The highest BCUT2D eigenvalue weighted by molar-refractivity contribution is 7.22. The number of rotatable bonds is 6. The average molecular weight is 502 g/mol. The Labute approximate surface area is 212 Å². The van der Waals surface area contributed by atoms with Crippen molar-refractivity contribution in [3.63, 3.8) is 0 Å². The molecule has 0 saturated carbocycles. The summed E-state index contributed by atoms with van der Waals surface area (Å²) in [5, 5.41) is 14.7. The molecule has 0 N–H and O–H groups in total. The molecule has 0 aliphatic carbocycles. The molecular weight excluding hydrogens is 478 g/mol. The number of benzene rings is 3. The largest absolute Gasteiger partial charge is 0.345 e. The smallest absolute Gasteiger partial charge is 0.186 e. The van der Waals surface area contributed by atoms with Gasteiger partial charge in [0.25, 0.3) is 0 Å². The van der Waals surface area contributed by atoms with E-state index >= 15 is 0 Å². The molecule has 176 valence electrons. The highest BCUT2D eigenvalue weighted by Gasteiger charge is 2.31. The minimum absolute atomic E-state index is 0.0662. The van der Waals surface area contributed by atoms with Gasteiger partial charge in [-0.2, -0.15) is 0 Å². The molecule has 3 heterocycles. The molecule has 0 bridgehead atoms. The molecule has 0 amide bonds. The molecule has 2 aromatic heterocycles. The summed E-state index contributed by atoms with van der Waals surface area (Å²) in [6, 6.07) is 26.6. The molecule has 1 fully saturated rings. The molecule has 6 rings (SSSR count). The summed E-state index contributed by atoms with van der Waals surface area (Å²) < 4.78 is 3.14. The first-order valence-electron chi connectivity index (χ1n) is 11.6. The van der Waals surface area contributed by atoms with Crippen LogP contribution in [0.15, 0.2) is 78.9 Å². The van der Waals surface area contributed by atoms with Crippen molar-refractivity contribution in [1.82, 2.24) is 30.1 Å². The van der Waals surface area contributed by atoms with Crippen LogP contribution in [0, 0.1) is 0 Å². The van der Waals surface area contributed by atoms with Gasteiger partial charge < -0.3 is 4.90 Å². The molecule has 1 aliphatic rings. The number of hydrogen-bond donors (Lipinski definition) is 0. The third kappa shape index (κ3) is 4.65. The van der Waals surface area contributed by atoms with Crippen molar-refractivity contribution in [3.8, 4) is 0 Å². The van der Waals surface area contributed by atoms with Crippen LogP contribution < -0.4 is 4.90 Å². The van der Waals surface area contributed by atoms with Crippen LogP contribution in [0.3, 0.4) is 0 Å². The van der Waals surface area contributed by atoms with Crippen molar-refractivity contribution >= 4 is 38.3 Å². The summed E-state index contributed by atoms with van der Waals surface area (Å²) in [7, 11) is 0. The molecule has 1 atom stereocenters. The summed E-state index contributed by atoms with van der Waals surface area (Å²) in [6.45, 7) is 4.16. The lowest BCUT2D eigenvalue weighted by atomic mass is 10.0. The fourth-order valence-electron chi connectivity index (χ4n) is 4.61. The number of tetrazole rings is 1. The van der Waals surface area contributed by atoms with Gasteiger partial charge in [0.2, 0.25) is 0 Å². The van der Waals surface area contributed by atoms with Crippen molar-refractivity contribution < 1.29 is 0 Å². The summed E-state index contributed by atoms with van der Waals surface area (Å²) in [6.07, 6.45) is 0. The highest BCUT2D eigenvalue weighted by Crippen LogP contribution is 2.32. The maximum absolute atomic E-state index is 6.21. The van der Waals surface area contributed by atoms with Crippen molar-refractivity contribution in [2.75, 3.05) is 31.1 Å². The van der Waals surface area contributed by atoms with Gasteiger partial charge in [0.1, 0.15) is 0 Å². The number of aromatic nitrogens is 5. The van der Waals surface area contributed by atoms with E-state index < -0.39 is 0 Å². The standard InChI is InChI=1S/C26H24ClN7S/c27-21-12-10-20(11-13-21)24(25-29-30-31-34(25)18-19-6-2-1-3-7-19)32-14-16-33(17-15-32)26-28-22-8-4-5-9-23(22)35-26/h1-13,24H,14-18H2/t24-/m1/s1. The van der Waals surface area contributed by atoms with Gasteiger partial charge in [-0.15, -0.1) is 5.10 Å². The van der Waals surface area contributed by atoms with E-state index in [2.05, 4.69) is 67.8 Å². The maximum Gasteiger partial charge on any atom is 0.186 e. The van der Waals surface area contributed by atoms with E-state index in [4.69, 9.17) is 16.6 Å². The van der Waals surface area contributed by atoms with Crippen molar-refractivity contribution in [2.24, 2.45) is 0 Å². The van der Waals surface area contributed by atoms with E-state index in [-0.39, 0.29) is 6.04 Å². The Morgan fingerprint density at radius 1 is 0.857 bits per heavy atom. The summed E-state index contributed by atoms with van der Waals surface area (Å²) in [5.41, 5.74) is 3.36. The molecule has 7 nitrogen and oxygen atoms in total. The fraction of sp³-hybridized carbons (Fsp3) is 0.231. The van der Waals surface area contributed by atoms with Crippen LogP contribution in [0.5, 0.6) is 0 Å². The Hall–Kier alpha value is -3.33. The number of hydrogen-bond acceptors (Lipinski definition) is 7. The lowest BCUT2D eigenvalue weighted by molar-refractivity contribution is 0.201. The van der Waals surface area contributed by atoms with Crippen LogP contribution in [0.4, 0.5) is 5.13 Å². The fourth-order valence-corrected chi connectivity index (χ4v) is 5.75. The monoisotopic (exact) mass is 501 g/mol. The Balaban J connectivity index is 1.27. The zero-order chi connectivity index (χ0) is 23.6. The van der Waals surface area contributed by atoms with E-state index in [1.807, 2.05) is 41.1 Å². The van der Waals surface area contributed by atoms with Gasteiger partial charge >= 0.3 is 0 Å². The van der Waals surface area contributed by atoms with Crippen LogP contribution >= 0.6 is 22.9 Å². The van der Waals surface area contributed by atoms with E-state index in [1.54, 1.807) is 11.3 Å². The van der Waals surface area contributed by atoms with E-state index in [1.165, 1.54) is 4.70 Å². The van der Waals surface area contributed by atoms with Crippen molar-refractivity contribution in [1.29, 1.82) is 0 Å². The molecule has 9 heteroatoms. The maximum atomic E-state index is 6.21. The van der Waals surface area contributed by atoms with Gasteiger partial charge in [-0.25, -0.2) is 9.67 Å². The lowest BCUT2D eigenvalue weighted by Gasteiger charge is -2.38. The number of halogens is 1. The van der Waals surface area contributed by atoms with Gasteiger partial charge in [-0.1, -0.05) is 77.5 Å². The van der Waals surface area contributed by atoms with Crippen molar-refractivity contribution in [2.45, 2.75) is 12.6 Å². The molecule has 1 aliphatic heterocycles. The molecule has 0 spiro atoms. The van der Waals surface area contributed by atoms with Crippen LogP contribution in [0.1, 0.15) is 23.0 Å². The summed E-state index contributed by atoms with van der Waals surface area (Å²) in [5.74, 6) is 0.838. The zero-order valence-corrected chi connectivity index (χ0v) is 20.6. The number of anilines is 1. The van der Waals surface area contributed by atoms with Crippen LogP contribution in [0.25, 0.3) is 10.2 Å². The second-order valence-electron chi connectivity index (χ2n) is 8.62. The molecule has 0 radical (unpaired) electrons. The van der Waals surface area contributed by atoms with E-state index in [9.17, 15) is 0 Å². The summed E-state index contributed by atoms with van der Waals surface area (Å²) >= 11 is 7.97. The van der Waals surface area contributed by atoms with E-state index in [0.29, 0.717) is 6.54 Å². The van der Waals surface area contributed by atoms with Crippen molar-refractivity contribution in [3.05, 3.63) is 101 Å². The van der Waals surface area contributed by atoms with Gasteiger partial charge in [-0.05, 0) is 45.8 Å². The first kappa shape index (κ1) is 22.2. The van der Waals surface area contributed by atoms with Crippen LogP contribution in [-0.4, -0.2) is 56.3 Å². The summed E-state index contributed by atoms with van der Waals surface area (Å²) in [4.78, 5) is 9.70. The zero-order valence-electron chi connectivity index (χ0n) is 19.0. The van der Waals surface area contributed by atoms with Gasteiger partial charge in [0.05, 0.1) is 22.8 Å². The number of nitrogens with zero attached hydrogens (tertiary/aromatic N) is 7. The lowest BCUT2D eigenvalue weighted by Crippen LogP contribution is -2.48. The topological polar surface area (TPSA) is 63.0 Å². The normalized spacial score (nSPS) is 15.5. The van der Waals surface area contributed by atoms with Gasteiger partial charge in [0, 0.05) is 31.2 Å². The van der Waals surface area contributed by atoms with Gasteiger partial charge in [0.15, 0.2) is 11.0 Å². The van der Waals surface area contributed by atoms with E-state index in [0.717, 1.165) is 58.8 Å². The number of fused-ring (bicyclic) bond motifs is 1. The molecule has 35 heavy (non-hydrogen) atoms. The van der Waals surface area contributed by atoms with Crippen LogP contribution in [0.2, 0.25) is 5.02 Å². The Bertz CT molecular complexity index is 1380. The first-order chi connectivity index (χ1) is 17.2. The predicted molar refractivity (Wildman–Crippen MR) is 140 cm³/mol. The molecular formula is C26H24ClN7S. The minimum atomic E-state index is -0.0662. The minimum Gasteiger partial charge on any atom is -0.345 e. The predicted octanol–water partition coefficient (Wildman–Crippen LogP) is 4.90. The highest BCUT2D eigenvalue weighted by atomic mass is 35.5. The number of piperazine rings is 1. The first-order valence-corrected chi connectivity index (χ1v) is 12.8. The molecule has 5 aromatic rings. The number of para-hydroxylation sites is 1. The Morgan fingerprint density at radius 2 is 1.60 bits per heavy atom. The second kappa shape index (κ2) is 9.73. The number of thiazole rings is 1. The quantitative estimate of drug-likeness (QED) is 0.330. The van der Waals surface area contributed by atoms with Gasteiger partial charge in [-0.3, -0.25) is 4.90 Å².